The van der Waals surface area contributed by atoms with E-state index in [9.17, 15) is 0 Å². The number of aryl methyl sites for hydroxylation is 1. The van der Waals surface area contributed by atoms with Crippen LogP contribution in [0, 0.1) is 6.92 Å². The summed E-state index contributed by atoms with van der Waals surface area (Å²) in [6.07, 6.45) is 0. The maximum Gasteiger partial charge on any atom is 0.159 e. The Morgan fingerprint density at radius 1 is 0.375 bits per heavy atom. The molecule has 5 nitrogen and oxygen atoms in total. The lowest BCUT2D eigenvalue weighted by atomic mass is 10.0. The fourth-order valence-corrected chi connectivity index (χ4v) is 12.0. The first-order valence-electron chi connectivity index (χ1n) is 22.1. The molecule has 0 aliphatic heterocycles. The van der Waals surface area contributed by atoms with Crippen molar-refractivity contribution >= 4 is 129 Å². The molecule has 0 amide bonds. The number of nitrogens with zero attached hydrogens (tertiary/aromatic N) is 3. The lowest BCUT2D eigenvalue weighted by Gasteiger charge is -2.27. The molecular formula is C58H43N3O2Si. The highest BCUT2D eigenvalue weighted by atomic mass is 28.3. The van der Waals surface area contributed by atoms with Gasteiger partial charge in [0.25, 0.3) is 0 Å². The summed E-state index contributed by atoms with van der Waals surface area (Å²) in [6, 6.07) is 67.9. The van der Waals surface area contributed by atoms with E-state index in [4.69, 9.17) is 8.83 Å². The van der Waals surface area contributed by atoms with Crippen LogP contribution in [0.4, 0.5) is 34.1 Å². The topological polar surface area (TPSA) is 37.2 Å². The molecule has 4 aromatic heterocycles. The molecule has 0 fully saturated rings. The van der Waals surface area contributed by atoms with Crippen LogP contribution < -0.4 is 15.0 Å². The molecule has 0 saturated carbocycles. The van der Waals surface area contributed by atoms with Crippen molar-refractivity contribution in [3.8, 4) is 0 Å². The van der Waals surface area contributed by atoms with Crippen LogP contribution in [0.2, 0.25) is 19.6 Å². The van der Waals surface area contributed by atoms with Crippen molar-refractivity contribution in [3.05, 3.63) is 194 Å². The molecule has 6 heteroatoms. The minimum atomic E-state index is -1.71. The highest BCUT2D eigenvalue weighted by Crippen LogP contribution is 2.51. The third kappa shape index (κ3) is 5.17. The number of hydrogen-bond donors (Lipinski definition) is 0. The number of hydrogen-bond acceptors (Lipinski definition) is 4. The van der Waals surface area contributed by atoms with Gasteiger partial charge in [-0.3, -0.25) is 0 Å². The molecule has 0 saturated heterocycles. The lowest BCUT2D eigenvalue weighted by Crippen LogP contribution is -2.37. The van der Waals surface area contributed by atoms with Crippen molar-refractivity contribution < 1.29 is 8.83 Å². The molecule has 0 unspecified atom stereocenters. The highest BCUT2D eigenvalue weighted by Gasteiger charge is 2.29. The molecule has 0 bridgehead atoms. The molecule has 9 aromatic carbocycles. The predicted molar refractivity (Wildman–Crippen MR) is 273 cm³/mol. The van der Waals surface area contributed by atoms with Crippen LogP contribution in [0.25, 0.3) is 82.0 Å². The number of aromatic nitrogens is 1. The zero-order valence-corrected chi connectivity index (χ0v) is 37.1. The predicted octanol–water partition coefficient (Wildman–Crippen LogP) is 16.4. The van der Waals surface area contributed by atoms with Crippen LogP contribution in [0.15, 0.2) is 197 Å². The molecule has 0 radical (unpaired) electrons. The van der Waals surface area contributed by atoms with Crippen molar-refractivity contribution in [2.45, 2.75) is 26.6 Å². The molecule has 13 aromatic rings. The minimum absolute atomic E-state index is 0.872. The third-order valence-corrected chi connectivity index (χ3v) is 15.3. The van der Waals surface area contributed by atoms with E-state index in [2.05, 4.69) is 229 Å². The molecule has 306 valence electrons. The molecule has 0 atom stereocenters. The van der Waals surface area contributed by atoms with Gasteiger partial charge in [-0.05, 0) is 78.3 Å². The summed E-state index contributed by atoms with van der Waals surface area (Å²) < 4.78 is 16.4. The van der Waals surface area contributed by atoms with Gasteiger partial charge in [0.1, 0.15) is 11.2 Å². The number of anilines is 6. The van der Waals surface area contributed by atoms with Crippen LogP contribution >= 0.6 is 0 Å². The van der Waals surface area contributed by atoms with Crippen LogP contribution in [-0.2, 0) is 0 Å². The van der Waals surface area contributed by atoms with Gasteiger partial charge in [-0.2, -0.15) is 0 Å². The van der Waals surface area contributed by atoms with E-state index in [1.54, 1.807) is 0 Å². The summed E-state index contributed by atoms with van der Waals surface area (Å²) in [4.78, 5) is 4.79. The van der Waals surface area contributed by atoms with E-state index in [0.717, 1.165) is 89.2 Å². The Bertz CT molecular complexity index is 3970. The fraction of sp³-hybridized carbons (Fsp3) is 0.0690. The zero-order chi connectivity index (χ0) is 42.8. The average molecular weight is 842 g/mol. The second kappa shape index (κ2) is 13.6. The van der Waals surface area contributed by atoms with Crippen LogP contribution in [-0.4, -0.2) is 12.5 Å². The Hall–Kier alpha value is -7.80. The van der Waals surface area contributed by atoms with Crippen molar-refractivity contribution in [1.29, 1.82) is 0 Å². The standard InChI is InChI=1S/C58H43N3O2Si/c1-36-18-11-23-39-40-24-13-33-49(56(40)62-55(36)39)59(37-19-7-5-8-20-37)45-29-16-31-47-52(45)43-27-12-28-44-53-46(30-17-32-48(53)61(47)54(43)44)60(38-21-9-6-10-22-38)50-34-14-25-41-42-26-15-35-51(64(2,3)4)58(42)63-57(41)50/h5-35H,1-4H3. The van der Waals surface area contributed by atoms with E-state index in [1.165, 1.54) is 37.6 Å². The zero-order valence-electron chi connectivity index (χ0n) is 36.1. The third-order valence-electron chi connectivity index (χ3n) is 13.3. The van der Waals surface area contributed by atoms with Crippen LogP contribution in [0.1, 0.15) is 5.56 Å². The molecule has 4 heterocycles. The van der Waals surface area contributed by atoms with Gasteiger partial charge in [-0.15, -0.1) is 0 Å². The van der Waals surface area contributed by atoms with Crippen LogP contribution in [0.5, 0.6) is 0 Å². The van der Waals surface area contributed by atoms with Gasteiger partial charge < -0.3 is 23.0 Å². The fourth-order valence-electron chi connectivity index (χ4n) is 10.6. The van der Waals surface area contributed by atoms with E-state index >= 15 is 0 Å². The number of rotatable bonds is 7. The number of benzene rings is 9. The number of fused-ring (bicyclic) bond motifs is 12. The summed E-state index contributed by atoms with van der Waals surface area (Å²) in [5.41, 5.74) is 14.7. The second-order valence-corrected chi connectivity index (χ2v) is 23.2. The van der Waals surface area contributed by atoms with Crippen molar-refractivity contribution in [1.82, 2.24) is 4.40 Å². The summed E-state index contributed by atoms with van der Waals surface area (Å²) in [5, 5.41) is 10.6. The average Bonchev–Trinajstić information content (AvgIpc) is 4.09. The van der Waals surface area contributed by atoms with Crippen molar-refractivity contribution in [2.75, 3.05) is 9.80 Å². The smallest absolute Gasteiger partial charge is 0.159 e. The minimum Gasteiger partial charge on any atom is -0.454 e. The maximum absolute atomic E-state index is 7.08. The Labute approximate surface area is 370 Å². The van der Waals surface area contributed by atoms with Crippen molar-refractivity contribution in [2.24, 2.45) is 0 Å². The van der Waals surface area contributed by atoms with Gasteiger partial charge >= 0.3 is 0 Å². The van der Waals surface area contributed by atoms with E-state index in [-0.39, 0.29) is 0 Å². The summed E-state index contributed by atoms with van der Waals surface area (Å²) >= 11 is 0. The van der Waals surface area contributed by atoms with E-state index in [1.807, 2.05) is 0 Å². The lowest BCUT2D eigenvalue weighted by molar-refractivity contribution is 0.666. The Morgan fingerprint density at radius 2 is 0.781 bits per heavy atom. The van der Waals surface area contributed by atoms with Gasteiger partial charge in [0.2, 0.25) is 0 Å². The van der Waals surface area contributed by atoms with E-state index < -0.39 is 8.07 Å². The van der Waals surface area contributed by atoms with Crippen molar-refractivity contribution in [3.63, 3.8) is 0 Å². The molecule has 64 heavy (non-hydrogen) atoms. The maximum atomic E-state index is 7.08. The van der Waals surface area contributed by atoms with Gasteiger partial charge in [0.15, 0.2) is 11.2 Å². The van der Waals surface area contributed by atoms with Gasteiger partial charge in [-0.25, -0.2) is 0 Å². The largest absolute Gasteiger partial charge is 0.454 e. The normalized spacial score (nSPS) is 12.4. The molecule has 0 aliphatic carbocycles. The van der Waals surface area contributed by atoms with E-state index in [0.29, 0.717) is 0 Å². The SMILES string of the molecule is Cc1cccc2c1oc1c(N(c3ccccc3)c3cccc4c3c3cccc5c6c(N(c7ccccc7)c7cccc8c7oc7c([Si](C)(C)C)cccc78)cccc6n4c35)cccc12. The number of para-hydroxylation sites is 7. The molecule has 0 spiro atoms. The number of furan rings is 2. The van der Waals surface area contributed by atoms with Gasteiger partial charge in [0.05, 0.1) is 47.4 Å². The highest BCUT2D eigenvalue weighted by molar-refractivity contribution is 6.90. The molecule has 0 aliphatic rings. The van der Waals surface area contributed by atoms with Gasteiger partial charge in [0, 0.05) is 54.5 Å². The second-order valence-electron chi connectivity index (χ2n) is 18.1. The van der Waals surface area contributed by atoms with Crippen LogP contribution in [0.3, 0.4) is 0 Å². The molecular weight excluding hydrogens is 799 g/mol. The first-order chi connectivity index (χ1) is 31.3. The monoisotopic (exact) mass is 841 g/mol. The Balaban J connectivity index is 1.09. The summed E-state index contributed by atoms with van der Waals surface area (Å²) in [5.74, 6) is 0. The first kappa shape index (κ1) is 36.8. The molecule has 0 N–H and O–H groups in total. The Kier molecular flexibility index (Phi) is 7.82. The summed E-state index contributed by atoms with van der Waals surface area (Å²) in [7, 11) is -1.71. The van der Waals surface area contributed by atoms with Gasteiger partial charge in [-0.1, -0.05) is 147 Å². The molecule has 13 rings (SSSR count). The Morgan fingerprint density at radius 3 is 1.31 bits per heavy atom. The quantitative estimate of drug-likeness (QED) is 0.150. The summed E-state index contributed by atoms with van der Waals surface area (Å²) in [6.45, 7) is 9.30. The first-order valence-corrected chi connectivity index (χ1v) is 25.6.